The maximum atomic E-state index is 13.4. The van der Waals surface area contributed by atoms with Crippen molar-refractivity contribution in [3.63, 3.8) is 0 Å². The first-order valence-electron chi connectivity index (χ1n) is 6.49. The third kappa shape index (κ3) is 1.56. The maximum absolute atomic E-state index is 13.4. The molecule has 2 heterocycles. The second-order valence-corrected chi connectivity index (χ2v) is 6.06. The molecule has 0 aliphatic heterocycles. The minimum Gasteiger partial charge on any atom is -0.291 e. The fraction of sp³-hybridized carbons (Fsp3) is 0.267. The first-order valence-corrected chi connectivity index (χ1v) is 7.31. The van der Waals surface area contributed by atoms with Crippen LogP contribution in [0.15, 0.2) is 24.3 Å². The van der Waals surface area contributed by atoms with E-state index in [1.54, 1.807) is 23.5 Å². The molecule has 0 N–H and O–H groups in total. The molecular weight excluding hydrogens is 259 g/mol. The summed E-state index contributed by atoms with van der Waals surface area (Å²) < 4.78 is 15.6. The van der Waals surface area contributed by atoms with E-state index in [-0.39, 0.29) is 5.82 Å². The Morgan fingerprint density at radius 1 is 1.32 bits per heavy atom. The molecule has 0 radical (unpaired) electrons. The molecule has 0 unspecified atom stereocenters. The van der Waals surface area contributed by atoms with E-state index in [0.717, 1.165) is 28.3 Å². The van der Waals surface area contributed by atoms with Crippen LogP contribution in [0.3, 0.4) is 0 Å². The Balaban J connectivity index is 1.97. The summed E-state index contributed by atoms with van der Waals surface area (Å²) in [7, 11) is 0. The summed E-state index contributed by atoms with van der Waals surface area (Å²) in [6.45, 7) is 2.07. The molecular formula is C15H13FN2S. The number of nitrogens with zero attached hydrogens (tertiary/aromatic N) is 2. The number of halogens is 1. The molecule has 0 atom stereocenters. The normalized spacial score (nSPS) is 14.2. The summed E-state index contributed by atoms with van der Waals surface area (Å²) in [5.74, 6) is -0.210. The minimum absolute atomic E-state index is 0.210. The summed E-state index contributed by atoms with van der Waals surface area (Å²) in [4.78, 5) is 7.21. The Morgan fingerprint density at radius 2 is 2.21 bits per heavy atom. The molecule has 0 saturated carbocycles. The van der Waals surface area contributed by atoms with Crippen molar-refractivity contribution in [3.05, 3.63) is 46.3 Å². The molecule has 1 aliphatic rings. The fourth-order valence-electron chi connectivity index (χ4n) is 2.93. The van der Waals surface area contributed by atoms with Gasteiger partial charge in [-0.1, -0.05) is 12.1 Å². The highest BCUT2D eigenvalue weighted by Gasteiger charge is 2.22. The van der Waals surface area contributed by atoms with E-state index in [2.05, 4.69) is 11.3 Å². The quantitative estimate of drug-likeness (QED) is 0.654. The van der Waals surface area contributed by atoms with Crippen molar-refractivity contribution >= 4 is 16.3 Å². The Bertz CT molecular complexity index is 785. The van der Waals surface area contributed by atoms with Gasteiger partial charge in [0, 0.05) is 21.8 Å². The lowest BCUT2D eigenvalue weighted by atomic mass is 10.1. The zero-order valence-electron chi connectivity index (χ0n) is 10.6. The van der Waals surface area contributed by atoms with E-state index in [1.807, 2.05) is 6.07 Å². The summed E-state index contributed by atoms with van der Waals surface area (Å²) in [5.41, 5.74) is 4.30. The van der Waals surface area contributed by atoms with Gasteiger partial charge in [0.1, 0.15) is 5.82 Å². The highest BCUT2D eigenvalue weighted by molar-refractivity contribution is 7.17. The Kier molecular flexibility index (Phi) is 2.30. The average Bonchev–Trinajstić information content (AvgIpc) is 3.01. The van der Waals surface area contributed by atoms with E-state index in [4.69, 9.17) is 4.98 Å². The Labute approximate surface area is 114 Å². The van der Waals surface area contributed by atoms with Crippen molar-refractivity contribution in [3.8, 4) is 11.3 Å². The molecule has 0 amide bonds. The number of benzene rings is 1. The summed E-state index contributed by atoms with van der Waals surface area (Å²) in [5, 5.41) is 0. The van der Waals surface area contributed by atoms with Gasteiger partial charge in [-0.05, 0) is 38.3 Å². The van der Waals surface area contributed by atoms with E-state index >= 15 is 0 Å². The second-order valence-electron chi connectivity index (χ2n) is 5.00. The van der Waals surface area contributed by atoms with Gasteiger partial charge in [0.25, 0.3) is 0 Å². The first-order chi connectivity index (χ1) is 9.24. The zero-order chi connectivity index (χ0) is 13.0. The van der Waals surface area contributed by atoms with Crippen molar-refractivity contribution < 1.29 is 4.39 Å². The van der Waals surface area contributed by atoms with Crippen LogP contribution in [0.5, 0.6) is 0 Å². The van der Waals surface area contributed by atoms with Crippen LogP contribution in [0, 0.1) is 12.7 Å². The SMILES string of the molecule is Cc1c(-c2cccc(F)c2)nc2sc3c(n12)CCC3. The molecule has 4 heteroatoms. The van der Waals surface area contributed by atoms with E-state index < -0.39 is 0 Å². The number of imidazole rings is 1. The van der Waals surface area contributed by atoms with Gasteiger partial charge in [0.2, 0.25) is 0 Å². The van der Waals surface area contributed by atoms with Crippen molar-refractivity contribution in [2.24, 2.45) is 0 Å². The van der Waals surface area contributed by atoms with Gasteiger partial charge in [-0.25, -0.2) is 9.37 Å². The molecule has 0 saturated heterocycles. The van der Waals surface area contributed by atoms with Crippen molar-refractivity contribution in [1.82, 2.24) is 9.38 Å². The number of fused-ring (bicyclic) bond motifs is 3. The van der Waals surface area contributed by atoms with Crippen LogP contribution in [0.1, 0.15) is 22.7 Å². The predicted molar refractivity (Wildman–Crippen MR) is 75.2 cm³/mol. The first kappa shape index (κ1) is 11.2. The summed E-state index contributed by atoms with van der Waals surface area (Å²) >= 11 is 1.78. The molecule has 2 aromatic heterocycles. The van der Waals surface area contributed by atoms with Gasteiger partial charge in [-0.3, -0.25) is 4.40 Å². The lowest BCUT2D eigenvalue weighted by molar-refractivity contribution is 0.628. The third-order valence-electron chi connectivity index (χ3n) is 3.80. The molecule has 1 aliphatic carbocycles. The molecule has 0 bridgehead atoms. The van der Waals surface area contributed by atoms with Crippen LogP contribution in [0.2, 0.25) is 0 Å². The average molecular weight is 272 g/mol. The lowest BCUT2D eigenvalue weighted by Gasteiger charge is -2.01. The van der Waals surface area contributed by atoms with E-state index in [1.165, 1.54) is 29.5 Å². The summed E-state index contributed by atoms with van der Waals surface area (Å²) in [6, 6.07) is 6.68. The summed E-state index contributed by atoms with van der Waals surface area (Å²) in [6.07, 6.45) is 3.55. The smallest absolute Gasteiger partial charge is 0.194 e. The molecule has 96 valence electrons. The van der Waals surface area contributed by atoms with Crippen molar-refractivity contribution in [2.75, 3.05) is 0 Å². The highest BCUT2D eigenvalue weighted by atomic mass is 32.1. The van der Waals surface area contributed by atoms with E-state index in [9.17, 15) is 4.39 Å². The van der Waals surface area contributed by atoms with Gasteiger partial charge < -0.3 is 0 Å². The number of thiazole rings is 1. The second kappa shape index (κ2) is 3.90. The van der Waals surface area contributed by atoms with Crippen LogP contribution in [0.4, 0.5) is 4.39 Å². The van der Waals surface area contributed by atoms with Gasteiger partial charge in [-0.15, -0.1) is 11.3 Å². The largest absolute Gasteiger partial charge is 0.291 e. The predicted octanol–water partition coefficient (Wildman–Crippen LogP) is 4.00. The van der Waals surface area contributed by atoms with E-state index in [0.29, 0.717) is 0 Å². The molecule has 4 rings (SSSR count). The Hall–Kier alpha value is -1.68. The van der Waals surface area contributed by atoms with Gasteiger partial charge in [0.05, 0.1) is 5.69 Å². The monoisotopic (exact) mass is 272 g/mol. The number of aryl methyl sites for hydroxylation is 3. The van der Waals surface area contributed by atoms with Crippen LogP contribution < -0.4 is 0 Å². The minimum atomic E-state index is -0.210. The van der Waals surface area contributed by atoms with Crippen LogP contribution in [-0.2, 0) is 12.8 Å². The molecule has 1 aromatic carbocycles. The Morgan fingerprint density at radius 3 is 3.05 bits per heavy atom. The van der Waals surface area contributed by atoms with Crippen molar-refractivity contribution in [2.45, 2.75) is 26.2 Å². The fourth-order valence-corrected chi connectivity index (χ4v) is 4.18. The topological polar surface area (TPSA) is 17.3 Å². The molecule has 0 fully saturated rings. The van der Waals surface area contributed by atoms with Crippen molar-refractivity contribution in [1.29, 1.82) is 0 Å². The number of hydrogen-bond donors (Lipinski definition) is 0. The maximum Gasteiger partial charge on any atom is 0.194 e. The molecule has 3 aromatic rings. The molecule has 0 spiro atoms. The van der Waals surface area contributed by atoms with Crippen LogP contribution >= 0.6 is 11.3 Å². The van der Waals surface area contributed by atoms with Gasteiger partial charge >= 0.3 is 0 Å². The number of aromatic nitrogens is 2. The molecule has 19 heavy (non-hydrogen) atoms. The van der Waals surface area contributed by atoms with Crippen LogP contribution in [0.25, 0.3) is 16.2 Å². The van der Waals surface area contributed by atoms with Gasteiger partial charge in [0.15, 0.2) is 4.96 Å². The number of rotatable bonds is 1. The third-order valence-corrected chi connectivity index (χ3v) is 4.94. The standard InChI is InChI=1S/C15H13FN2S/c1-9-14(10-4-2-5-11(16)8-10)17-15-18(9)12-6-3-7-13(12)19-15/h2,4-5,8H,3,6-7H2,1H3. The van der Waals surface area contributed by atoms with Gasteiger partial charge in [-0.2, -0.15) is 0 Å². The lowest BCUT2D eigenvalue weighted by Crippen LogP contribution is -1.92. The zero-order valence-corrected chi connectivity index (χ0v) is 11.4. The number of hydrogen-bond acceptors (Lipinski definition) is 2. The van der Waals surface area contributed by atoms with Crippen LogP contribution in [-0.4, -0.2) is 9.38 Å². The molecule has 2 nitrogen and oxygen atoms in total. The highest BCUT2D eigenvalue weighted by Crippen LogP contribution is 2.35.